The molecular formula is C21H17ClN3O7P. The number of benzene rings is 2. The SMILES string of the molecule is O=C1C2C3OC(C4C(c5ccccc5Cl)=NNC34)C2C(=O)N1c1ccc(OP(=O)(O)O)cc1. The largest absolute Gasteiger partial charge is 0.524 e. The Hall–Kier alpha value is -2.75. The van der Waals surface area contributed by atoms with Crippen molar-refractivity contribution < 1.29 is 33.2 Å². The van der Waals surface area contributed by atoms with Crippen LogP contribution in [0.15, 0.2) is 53.6 Å². The second-order valence-corrected chi connectivity index (χ2v) is 9.93. The molecule has 4 heterocycles. The van der Waals surface area contributed by atoms with Crippen molar-refractivity contribution >= 4 is 42.6 Å². The zero-order valence-electron chi connectivity index (χ0n) is 16.7. The van der Waals surface area contributed by atoms with E-state index in [-0.39, 0.29) is 29.5 Å². The molecule has 4 aliphatic rings. The van der Waals surface area contributed by atoms with Crippen LogP contribution in [-0.4, -0.2) is 45.6 Å². The highest BCUT2D eigenvalue weighted by Gasteiger charge is 2.71. The van der Waals surface area contributed by atoms with Crippen molar-refractivity contribution in [2.24, 2.45) is 22.9 Å². The van der Waals surface area contributed by atoms with E-state index in [1.54, 1.807) is 6.07 Å². The number of ether oxygens (including phenoxy) is 1. The lowest BCUT2D eigenvalue weighted by molar-refractivity contribution is -0.125. The van der Waals surface area contributed by atoms with Crippen LogP contribution in [0.2, 0.25) is 5.02 Å². The lowest BCUT2D eigenvalue weighted by Crippen LogP contribution is -2.48. The summed E-state index contributed by atoms with van der Waals surface area (Å²) >= 11 is 6.38. The van der Waals surface area contributed by atoms with Crippen LogP contribution in [0.5, 0.6) is 5.75 Å². The van der Waals surface area contributed by atoms with Crippen molar-refractivity contribution in [1.82, 2.24) is 5.43 Å². The van der Waals surface area contributed by atoms with Crippen LogP contribution in [0.3, 0.4) is 0 Å². The maximum absolute atomic E-state index is 13.4. The number of fused-ring (bicyclic) bond motifs is 8. The van der Waals surface area contributed by atoms with Crippen LogP contribution in [-0.2, 0) is 18.9 Å². The number of carbonyl (C=O) groups excluding carboxylic acids is 2. The average molecular weight is 490 g/mol. The van der Waals surface area contributed by atoms with Gasteiger partial charge in [0.05, 0.1) is 47.4 Å². The Bertz CT molecular complexity index is 1260. The minimum absolute atomic E-state index is 0.0749. The number of nitrogens with one attached hydrogen (secondary N) is 1. The molecule has 0 spiro atoms. The van der Waals surface area contributed by atoms with Gasteiger partial charge in [-0.25, -0.2) is 9.46 Å². The molecule has 33 heavy (non-hydrogen) atoms. The topological polar surface area (TPSA) is 138 Å². The quantitative estimate of drug-likeness (QED) is 0.436. The molecule has 6 unspecified atom stereocenters. The van der Waals surface area contributed by atoms with Crippen molar-refractivity contribution in [3.05, 3.63) is 59.1 Å². The standard InChI is InChI=1S/C21H17ClN3O7P/c22-12-4-2-1-3-11(12)16-15-17(24-23-16)19-14-13(18(15)31-19)20(26)25(21(14)27)9-5-7-10(8-6-9)32-33(28,29)30/h1-8,13-15,17-19,24H,(H2,28,29,30). The lowest BCUT2D eigenvalue weighted by Gasteiger charge is -2.27. The molecule has 2 amide bonds. The van der Waals surface area contributed by atoms with Gasteiger partial charge in [0, 0.05) is 10.6 Å². The number of nitrogens with zero attached hydrogens (tertiary/aromatic N) is 2. The van der Waals surface area contributed by atoms with Crippen LogP contribution < -0.4 is 14.8 Å². The molecule has 6 atom stereocenters. The van der Waals surface area contributed by atoms with Gasteiger partial charge in [0.25, 0.3) is 0 Å². The molecule has 2 bridgehead atoms. The predicted octanol–water partition coefficient (Wildman–Crippen LogP) is 1.69. The van der Waals surface area contributed by atoms with Crippen LogP contribution >= 0.6 is 19.4 Å². The van der Waals surface area contributed by atoms with Gasteiger partial charge in [-0.3, -0.25) is 19.4 Å². The summed E-state index contributed by atoms with van der Waals surface area (Å²) in [4.78, 5) is 45.7. The van der Waals surface area contributed by atoms with Gasteiger partial charge < -0.3 is 14.7 Å². The first-order valence-corrected chi connectivity index (χ1v) is 12.1. The number of rotatable bonds is 4. The average Bonchev–Trinajstić information content (AvgIpc) is 3.49. The number of halogens is 1. The number of hydrazone groups is 1. The van der Waals surface area contributed by atoms with E-state index in [1.165, 1.54) is 24.3 Å². The fourth-order valence-electron chi connectivity index (χ4n) is 5.43. The van der Waals surface area contributed by atoms with Gasteiger partial charge in [-0.15, -0.1) is 0 Å². The van der Waals surface area contributed by atoms with Crippen LogP contribution in [0.1, 0.15) is 5.56 Å². The number of carbonyl (C=O) groups is 2. The second kappa shape index (κ2) is 7.12. The number of phosphoric acid groups is 1. The highest BCUT2D eigenvalue weighted by molar-refractivity contribution is 7.46. The first kappa shape index (κ1) is 20.8. The molecule has 12 heteroatoms. The summed E-state index contributed by atoms with van der Waals surface area (Å²) in [5, 5.41) is 5.02. The van der Waals surface area contributed by atoms with E-state index in [1.807, 2.05) is 18.2 Å². The van der Waals surface area contributed by atoms with E-state index in [0.29, 0.717) is 16.4 Å². The molecule has 0 aromatic heterocycles. The smallest absolute Gasteiger partial charge is 0.404 e. The molecule has 10 nitrogen and oxygen atoms in total. The van der Waals surface area contributed by atoms with Gasteiger partial charge in [0.1, 0.15) is 5.75 Å². The molecule has 0 radical (unpaired) electrons. The Balaban J connectivity index is 1.29. The Labute approximate surface area is 192 Å². The monoisotopic (exact) mass is 489 g/mol. The highest BCUT2D eigenvalue weighted by atomic mass is 35.5. The Morgan fingerprint density at radius 1 is 1.00 bits per heavy atom. The molecule has 3 saturated heterocycles. The van der Waals surface area contributed by atoms with E-state index >= 15 is 0 Å². The van der Waals surface area contributed by atoms with Gasteiger partial charge >= 0.3 is 7.82 Å². The van der Waals surface area contributed by atoms with Gasteiger partial charge in [-0.1, -0.05) is 29.8 Å². The van der Waals surface area contributed by atoms with E-state index in [9.17, 15) is 14.2 Å². The fraction of sp³-hybridized carbons (Fsp3) is 0.286. The summed E-state index contributed by atoms with van der Waals surface area (Å²) in [5.41, 5.74) is 4.87. The molecule has 4 aliphatic heterocycles. The van der Waals surface area contributed by atoms with Gasteiger partial charge in [0.2, 0.25) is 11.8 Å². The van der Waals surface area contributed by atoms with Gasteiger partial charge in [0.15, 0.2) is 0 Å². The van der Waals surface area contributed by atoms with E-state index < -0.39 is 31.9 Å². The minimum Gasteiger partial charge on any atom is -0.404 e. The van der Waals surface area contributed by atoms with E-state index in [2.05, 4.69) is 15.1 Å². The number of hydrogen-bond donors (Lipinski definition) is 3. The van der Waals surface area contributed by atoms with Gasteiger partial charge in [-0.05, 0) is 30.3 Å². The van der Waals surface area contributed by atoms with Gasteiger partial charge in [-0.2, -0.15) is 5.10 Å². The minimum atomic E-state index is -4.71. The zero-order chi connectivity index (χ0) is 23.1. The molecule has 2 aromatic carbocycles. The molecular weight excluding hydrogens is 473 g/mol. The van der Waals surface area contributed by atoms with E-state index in [4.69, 9.17) is 26.1 Å². The number of amides is 2. The lowest BCUT2D eigenvalue weighted by atomic mass is 9.70. The first-order valence-electron chi connectivity index (χ1n) is 10.2. The van der Waals surface area contributed by atoms with Crippen LogP contribution in [0.4, 0.5) is 5.69 Å². The Morgan fingerprint density at radius 3 is 2.33 bits per heavy atom. The molecule has 2 aromatic rings. The summed E-state index contributed by atoms with van der Waals surface area (Å²) in [6.07, 6.45) is -1.03. The van der Waals surface area contributed by atoms with Crippen molar-refractivity contribution in [2.75, 3.05) is 4.90 Å². The summed E-state index contributed by atoms with van der Waals surface area (Å²) in [7, 11) is -4.71. The second-order valence-electron chi connectivity index (χ2n) is 8.36. The molecule has 0 aliphatic carbocycles. The molecule has 0 saturated carbocycles. The van der Waals surface area contributed by atoms with Crippen molar-refractivity contribution in [1.29, 1.82) is 0 Å². The normalized spacial score (nSPS) is 32.0. The third-order valence-corrected chi connectivity index (χ3v) is 7.41. The molecule has 170 valence electrons. The fourth-order valence-corrected chi connectivity index (χ4v) is 6.06. The highest BCUT2D eigenvalue weighted by Crippen LogP contribution is 2.54. The summed E-state index contributed by atoms with van der Waals surface area (Å²) < 4.78 is 21.7. The van der Waals surface area contributed by atoms with E-state index in [0.717, 1.165) is 10.5 Å². The zero-order valence-corrected chi connectivity index (χ0v) is 18.4. The third-order valence-electron chi connectivity index (χ3n) is 6.63. The Morgan fingerprint density at radius 2 is 1.67 bits per heavy atom. The Kier molecular flexibility index (Phi) is 4.50. The number of hydrogen-bond acceptors (Lipinski definition) is 7. The third kappa shape index (κ3) is 3.06. The first-order chi connectivity index (χ1) is 15.7. The number of phosphoric ester groups is 1. The maximum atomic E-state index is 13.4. The van der Waals surface area contributed by atoms with Crippen molar-refractivity contribution in [3.63, 3.8) is 0 Å². The maximum Gasteiger partial charge on any atom is 0.524 e. The molecule has 6 rings (SSSR count). The van der Waals surface area contributed by atoms with Crippen molar-refractivity contribution in [3.8, 4) is 5.75 Å². The summed E-state index contributed by atoms with van der Waals surface area (Å²) in [5.74, 6) is -2.32. The number of anilines is 1. The summed E-state index contributed by atoms with van der Waals surface area (Å²) in [6.45, 7) is 0. The predicted molar refractivity (Wildman–Crippen MR) is 116 cm³/mol. The summed E-state index contributed by atoms with van der Waals surface area (Å²) in [6, 6.07) is 12.5. The van der Waals surface area contributed by atoms with Crippen molar-refractivity contribution in [2.45, 2.75) is 18.2 Å². The van der Waals surface area contributed by atoms with Crippen LogP contribution in [0, 0.1) is 17.8 Å². The number of imide groups is 1. The molecule has 3 N–H and O–H groups in total. The van der Waals surface area contributed by atoms with Crippen LogP contribution in [0.25, 0.3) is 0 Å². The molecule has 3 fully saturated rings.